The van der Waals surface area contributed by atoms with E-state index in [0.29, 0.717) is 5.69 Å². The Labute approximate surface area is 173 Å². The molecular formula is C18H12Cl3F3N2O2. The Kier molecular flexibility index (Phi) is 5.79. The molecule has 0 aliphatic carbocycles. The number of anilines is 2. The van der Waals surface area contributed by atoms with Crippen molar-refractivity contribution in [2.24, 2.45) is 5.92 Å². The normalized spacial score (nSPS) is 17.1. The van der Waals surface area contributed by atoms with Crippen LogP contribution < -0.4 is 10.2 Å². The van der Waals surface area contributed by atoms with Crippen molar-refractivity contribution >= 4 is 58.0 Å². The van der Waals surface area contributed by atoms with E-state index in [2.05, 4.69) is 5.32 Å². The van der Waals surface area contributed by atoms with Crippen LogP contribution in [0.25, 0.3) is 0 Å². The smallest absolute Gasteiger partial charge is 0.324 e. The lowest BCUT2D eigenvalue weighted by Gasteiger charge is -2.19. The van der Waals surface area contributed by atoms with Gasteiger partial charge < -0.3 is 10.2 Å². The minimum atomic E-state index is -4.58. The lowest BCUT2D eigenvalue weighted by molar-refractivity contribution is -0.137. The van der Waals surface area contributed by atoms with Gasteiger partial charge in [0.25, 0.3) is 0 Å². The lowest BCUT2D eigenvalue weighted by Crippen LogP contribution is -2.28. The number of benzene rings is 2. The second-order valence-electron chi connectivity index (χ2n) is 6.16. The van der Waals surface area contributed by atoms with E-state index in [1.807, 2.05) is 0 Å². The molecule has 0 bridgehead atoms. The number of nitrogens with one attached hydrogen (secondary N) is 1. The summed E-state index contributed by atoms with van der Waals surface area (Å²) < 4.78 is 38.6. The van der Waals surface area contributed by atoms with Crippen molar-refractivity contribution in [1.82, 2.24) is 0 Å². The van der Waals surface area contributed by atoms with E-state index in [-0.39, 0.29) is 39.6 Å². The van der Waals surface area contributed by atoms with Gasteiger partial charge in [-0.25, -0.2) is 0 Å². The maximum absolute atomic E-state index is 12.9. The predicted octanol–water partition coefficient (Wildman–Crippen LogP) is 5.66. The Balaban J connectivity index is 1.78. The Morgan fingerprint density at radius 3 is 2.50 bits per heavy atom. The van der Waals surface area contributed by atoms with Gasteiger partial charge in [-0.1, -0.05) is 40.9 Å². The van der Waals surface area contributed by atoms with Gasteiger partial charge in [0.05, 0.1) is 37.9 Å². The van der Waals surface area contributed by atoms with E-state index in [1.165, 1.54) is 4.90 Å². The summed E-state index contributed by atoms with van der Waals surface area (Å²) in [5.41, 5.74) is -0.748. The summed E-state index contributed by atoms with van der Waals surface area (Å²) in [6, 6.07) is 7.40. The van der Waals surface area contributed by atoms with Gasteiger partial charge in [0.2, 0.25) is 11.8 Å². The van der Waals surface area contributed by atoms with Crippen LogP contribution in [0.15, 0.2) is 36.4 Å². The zero-order valence-corrected chi connectivity index (χ0v) is 16.3. The van der Waals surface area contributed by atoms with E-state index < -0.39 is 23.6 Å². The molecular weight excluding hydrogens is 440 g/mol. The molecule has 3 rings (SSSR count). The van der Waals surface area contributed by atoms with Crippen LogP contribution in [0.4, 0.5) is 24.5 Å². The quantitative estimate of drug-likeness (QED) is 0.655. The van der Waals surface area contributed by atoms with Crippen molar-refractivity contribution in [3.8, 4) is 0 Å². The zero-order valence-electron chi connectivity index (χ0n) is 14.0. The molecule has 2 aromatic rings. The highest BCUT2D eigenvalue weighted by molar-refractivity contribution is 6.44. The summed E-state index contributed by atoms with van der Waals surface area (Å²) >= 11 is 18.0. The fourth-order valence-electron chi connectivity index (χ4n) is 2.85. The van der Waals surface area contributed by atoms with Crippen LogP contribution in [-0.2, 0) is 15.8 Å². The second-order valence-corrected chi connectivity index (χ2v) is 7.35. The van der Waals surface area contributed by atoms with Gasteiger partial charge in [0.15, 0.2) is 0 Å². The molecule has 1 aliphatic heterocycles. The fraction of sp³-hybridized carbons (Fsp3) is 0.222. The Morgan fingerprint density at radius 2 is 1.82 bits per heavy atom. The van der Waals surface area contributed by atoms with Gasteiger partial charge in [0.1, 0.15) is 0 Å². The molecule has 28 heavy (non-hydrogen) atoms. The molecule has 1 heterocycles. The standard InChI is InChI=1S/C18H12Cl3F3N2O2/c19-11-5-4-10(18(22,23)24)7-13(11)25-17(28)9-6-15(27)26(8-9)14-3-1-2-12(20)16(14)21/h1-5,7,9H,6,8H2,(H,25,28)/t9-/m0/s1. The minimum absolute atomic E-state index is 0.0152. The zero-order chi connectivity index (χ0) is 20.6. The topological polar surface area (TPSA) is 49.4 Å². The van der Waals surface area contributed by atoms with E-state index >= 15 is 0 Å². The van der Waals surface area contributed by atoms with Gasteiger partial charge in [-0.15, -0.1) is 0 Å². The molecule has 2 aromatic carbocycles. The monoisotopic (exact) mass is 450 g/mol. The minimum Gasteiger partial charge on any atom is -0.324 e. The molecule has 2 amide bonds. The fourth-order valence-corrected chi connectivity index (χ4v) is 3.41. The van der Waals surface area contributed by atoms with Gasteiger partial charge >= 0.3 is 6.18 Å². The molecule has 1 N–H and O–H groups in total. The molecule has 1 aliphatic rings. The van der Waals surface area contributed by atoms with Crippen LogP contribution in [0.5, 0.6) is 0 Å². The van der Waals surface area contributed by atoms with Crippen molar-refractivity contribution in [3.05, 3.63) is 57.0 Å². The molecule has 0 aromatic heterocycles. The van der Waals surface area contributed by atoms with Crippen LogP contribution in [0.2, 0.25) is 15.1 Å². The number of hydrogen-bond donors (Lipinski definition) is 1. The molecule has 0 radical (unpaired) electrons. The molecule has 10 heteroatoms. The van der Waals surface area contributed by atoms with Crippen LogP contribution in [0.3, 0.4) is 0 Å². The summed E-state index contributed by atoms with van der Waals surface area (Å²) in [6.07, 6.45) is -4.70. The predicted molar refractivity (Wildman–Crippen MR) is 102 cm³/mol. The van der Waals surface area contributed by atoms with Crippen molar-refractivity contribution in [2.45, 2.75) is 12.6 Å². The first-order valence-corrected chi connectivity index (χ1v) is 9.13. The van der Waals surface area contributed by atoms with E-state index in [0.717, 1.165) is 18.2 Å². The van der Waals surface area contributed by atoms with Crippen molar-refractivity contribution in [1.29, 1.82) is 0 Å². The third-order valence-electron chi connectivity index (χ3n) is 4.27. The van der Waals surface area contributed by atoms with Crippen LogP contribution in [-0.4, -0.2) is 18.4 Å². The average Bonchev–Trinajstić information content (AvgIpc) is 3.00. The average molecular weight is 452 g/mol. The first-order chi connectivity index (χ1) is 13.1. The molecule has 1 saturated heterocycles. The molecule has 0 unspecified atom stereocenters. The second kappa shape index (κ2) is 7.81. The molecule has 148 valence electrons. The van der Waals surface area contributed by atoms with E-state index in [1.54, 1.807) is 18.2 Å². The first-order valence-electron chi connectivity index (χ1n) is 8.00. The summed E-state index contributed by atoms with van der Waals surface area (Å²) in [5, 5.41) is 2.77. The Morgan fingerprint density at radius 1 is 1.11 bits per heavy atom. The maximum atomic E-state index is 12.9. The summed E-state index contributed by atoms with van der Waals surface area (Å²) in [6.45, 7) is 0.0152. The SMILES string of the molecule is O=C(Nc1cc(C(F)(F)F)ccc1Cl)[C@H]1CC(=O)N(c2cccc(Cl)c2Cl)C1. The third kappa shape index (κ3) is 4.21. The molecule has 1 atom stereocenters. The maximum Gasteiger partial charge on any atom is 0.416 e. The highest BCUT2D eigenvalue weighted by Gasteiger charge is 2.37. The Hall–Kier alpha value is -1.96. The molecule has 1 fully saturated rings. The van der Waals surface area contributed by atoms with Crippen LogP contribution in [0, 0.1) is 5.92 Å². The number of hydrogen-bond acceptors (Lipinski definition) is 2. The lowest BCUT2D eigenvalue weighted by atomic mass is 10.1. The number of amides is 2. The largest absolute Gasteiger partial charge is 0.416 e. The number of alkyl halides is 3. The van der Waals surface area contributed by atoms with Crippen LogP contribution >= 0.6 is 34.8 Å². The highest BCUT2D eigenvalue weighted by atomic mass is 35.5. The van der Waals surface area contributed by atoms with Gasteiger partial charge in [-0.3, -0.25) is 9.59 Å². The van der Waals surface area contributed by atoms with Gasteiger partial charge in [-0.2, -0.15) is 13.2 Å². The molecule has 4 nitrogen and oxygen atoms in total. The number of carbonyl (C=O) groups is 2. The van der Waals surface area contributed by atoms with Gasteiger partial charge in [-0.05, 0) is 30.3 Å². The first kappa shape index (κ1) is 20.8. The molecule has 0 saturated carbocycles. The van der Waals surface area contributed by atoms with Crippen molar-refractivity contribution < 1.29 is 22.8 Å². The van der Waals surface area contributed by atoms with Crippen molar-refractivity contribution in [3.63, 3.8) is 0 Å². The number of halogens is 6. The third-order valence-corrected chi connectivity index (χ3v) is 5.41. The van der Waals surface area contributed by atoms with Gasteiger partial charge in [0, 0.05) is 13.0 Å². The number of nitrogens with zero attached hydrogens (tertiary/aromatic N) is 1. The summed E-state index contributed by atoms with van der Waals surface area (Å²) in [4.78, 5) is 26.2. The van der Waals surface area contributed by atoms with Crippen molar-refractivity contribution in [2.75, 3.05) is 16.8 Å². The number of rotatable bonds is 3. The summed E-state index contributed by atoms with van der Waals surface area (Å²) in [5.74, 6) is -1.75. The Bertz CT molecular complexity index is 950. The van der Waals surface area contributed by atoms with Crippen LogP contribution in [0.1, 0.15) is 12.0 Å². The van der Waals surface area contributed by atoms with E-state index in [9.17, 15) is 22.8 Å². The highest BCUT2D eigenvalue weighted by Crippen LogP contribution is 2.37. The summed E-state index contributed by atoms with van der Waals surface area (Å²) in [7, 11) is 0. The number of carbonyl (C=O) groups excluding carboxylic acids is 2. The van der Waals surface area contributed by atoms with E-state index in [4.69, 9.17) is 34.8 Å². The molecule has 0 spiro atoms.